The smallest absolute Gasteiger partial charge is 0.134 e. The van der Waals surface area contributed by atoms with Gasteiger partial charge in [-0.05, 0) is 38.0 Å². The fourth-order valence-corrected chi connectivity index (χ4v) is 1.28. The average molecular weight is 180 g/mol. The second kappa shape index (κ2) is 3.17. The van der Waals surface area contributed by atoms with Crippen molar-refractivity contribution in [1.29, 1.82) is 5.41 Å². The van der Waals surface area contributed by atoms with Crippen LogP contribution in [-0.2, 0) is 0 Å². The molecule has 0 radical (unpaired) electrons. The molecule has 0 aliphatic heterocycles. The van der Waals surface area contributed by atoms with Crippen molar-refractivity contribution in [3.05, 3.63) is 28.6 Å². The molecule has 0 bridgehead atoms. The summed E-state index contributed by atoms with van der Waals surface area (Å²) >= 11 is 0. The Kier molecular flexibility index (Phi) is 2.36. The van der Waals surface area contributed by atoms with E-state index in [0.29, 0.717) is 5.69 Å². The minimum absolute atomic E-state index is 0.165. The maximum atomic E-state index is 13.3. The number of nitrogens with one attached hydrogen (secondary N) is 1. The number of halogens is 1. The number of nitrogen functional groups attached to an aromatic ring is 1. The van der Waals surface area contributed by atoms with Gasteiger partial charge in [-0.3, -0.25) is 0 Å². The molecule has 13 heavy (non-hydrogen) atoms. The number of aryl methyl sites for hydroxylation is 1. The van der Waals surface area contributed by atoms with Gasteiger partial charge in [0.2, 0.25) is 0 Å². The topological polar surface area (TPSA) is 49.9 Å². The summed E-state index contributed by atoms with van der Waals surface area (Å²) in [6.07, 6.45) is 0. The van der Waals surface area contributed by atoms with Crippen molar-refractivity contribution in [2.75, 3.05) is 5.73 Å². The van der Waals surface area contributed by atoms with E-state index in [1.165, 1.54) is 13.0 Å². The Morgan fingerprint density at radius 2 is 2.00 bits per heavy atom. The van der Waals surface area contributed by atoms with Gasteiger partial charge in [0.25, 0.3) is 0 Å². The third-order valence-electron chi connectivity index (χ3n) is 2.22. The van der Waals surface area contributed by atoms with Crippen molar-refractivity contribution in [3.63, 3.8) is 0 Å². The lowest BCUT2D eigenvalue weighted by molar-refractivity contribution is 0.624. The first kappa shape index (κ1) is 9.71. The second-order valence-electron chi connectivity index (χ2n) is 3.21. The van der Waals surface area contributed by atoms with Crippen LogP contribution in [0.4, 0.5) is 10.1 Å². The molecular weight excluding hydrogens is 167 g/mol. The van der Waals surface area contributed by atoms with E-state index in [1.54, 1.807) is 6.92 Å². The molecule has 1 aromatic carbocycles. The summed E-state index contributed by atoms with van der Waals surface area (Å²) in [5.74, 6) is -0.409. The van der Waals surface area contributed by atoms with Crippen LogP contribution in [0.5, 0.6) is 0 Å². The van der Waals surface area contributed by atoms with Gasteiger partial charge in [-0.1, -0.05) is 0 Å². The third kappa shape index (κ3) is 1.54. The van der Waals surface area contributed by atoms with Gasteiger partial charge < -0.3 is 11.1 Å². The highest BCUT2D eigenvalue weighted by molar-refractivity contribution is 6.01. The lowest BCUT2D eigenvalue weighted by Gasteiger charge is -2.10. The highest BCUT2D eigenvalue weighted by Gasteiger charge is 2.12. The standard InChI is InChI=1S/C10H13FN2/c1-5-4-8(11)9(7(3)12)10(13)6(5)2/h4,12H,13H2,1-3H3. The molecule has 0 heterocycles. The molecule has 0 amide bonds. The summed E-state index contributed by atoms with van der Waals surface area (Å²) in [5.41, 5.74) is 8.14. The molecule has 1 aromatic rings. The van der Waals surface area contributed by atoms with Crippen molar-refractivity contribution in [2.24, 2.45) is 0 Å². The molecule has 2 nitrogen and oxygen atoms in total. The van der Waals surface area contributed by atoms with E-state index >= 15 is 0 Å². The van der Waals surface area contributed by atoms with Gasteiger partial charge >= 0.3 is 0 Å². The number of anilines is 1. The first-order valence-corrected chi connectivity index (χ1v) is 4.06. The number of rotatable bonds is 1. The number of hydrogen-bond acceptors (Lipinski definition) is 2. The SMILES string of the molecule is CC(=N)c1c(F)cc(C)c(C)c1N. The summed E-state index contributed by atoms with van der Waals surface area (Å²) in [4.78, 5) is 0. The fraction of sp³-hybridized carbons (Fsp3) is 0.300. The van der Waals surface area contributed by atoms with Crippen molar-refractivity contribution in [2.45, 2.75) is 20.8 Å². The van der Waals surface area contributed by atoms with Crippen LogP contribution in [0, 0.1) is 25.1 Å². The lowest BCUT2D eigenvalue weighted by Crippen LogP contribution is -2.06. The van der Waals surface area contributed by atoms with Crippen molar-refractivity contribution >= 4 is 11.4 Å². The first-order chi connectivity index (χ1) is 5.95. The Labute approximate surface area is 77.1 Å². The largest absolute Gasteiger partial charge is 0.398 e. The maximum Gasteiger partial charge on any atom is 0.134 e. The van der Waals surface area contributed by atoms with Gasteiger partial charge in [-0.15, -0.1) is 0 Å². The van der Waals surface area contributed by atoms with Crippen LogP contribution in [0.15, 0.2) is 6.07 Å². The molecule has 0 saturated heterocycles. The Hall–Kier alpha value is -1.38. The molecule has 0 atom stereocenters. The van der Waals surface area contributed by atoms with Crippen LogP contribution in [0.3, 0.4) is 0 Å². The normalized spacial score (nSPS) is 10.2. The van der Waals surface area contributed by atoms with Gasteiger partial charge in [-0.25, -0.2) is 4.39 Å². The summed E-state index contributed by atoms with van der Waals surface area (Å²) in [6, 6.07) is 1.42. The second-order valence-corrected chi connectivity index (χ2v) is 3.21. The summed E-state index contributed by atoms with van der Waals surface area (Å²) in [7, 11) is 0. The Morgan fingerprint density at radius 3 is 2.46 bits per heavy atom. The van der Waals surface area contributed by atoms with E-state index in [0.717, 1.165) is 11.1 Å². The monoisotopic (exact) mass is 180 g/mol. The fourth-order valence-electron chi connectivity index (χ4n) is 1.28. The van der Waals surface area contributed by atoms with E-state index in [-0.39, 0.29) is 11.3 Å². The van der Waals surface area contributed by atoms with E-state index in [2.05, 4.69) is 0 Å². The highest BCUT2D eigenvalue weighted by atomic mass is 19.1. The lowest BCUT2D eigenvalue weighted by atomic mass is 10.00. The predicted molar refractivity (Wildman–Crippen MR) is 52.8 cm³/mol. The van der Waals surface area contributed by atoms with Crippen LogP contribution < -0.4 is 5.73 Å². The van der Waals surface area contributed by atoms with Crippen LogP contribution in [0.25, 0.3) is 0 Å². The quantitative estimate of drug-likeness (QED) is 0.506. The number of hydrogen-bond donors (Lipinski definition) is 2. The molecule has 0 spiro atoms. The van der Waals surface area contributed by atoms with E-state index in [1.807, 2.05) is 6.92 Å². The highest BCUT2D eigenvalue weighted by Crippen LogP contribution is 2.23. The molecular formula is C10H13FN2. The third-order valence-corrected chi connectivity index (χ3v) is 2.22. The molecule has 3 N–H and O–H groups in total. The van der Waals surface area contributed by atoms with Crippen LogP contribution in [0.1, 0.15) is 23.6 Å². The predicted octanol–water partition coefficient (Wildman–Crippen LogP) is 2.41. The minimum atomic E-state index is -0.409. The van der Waals surface area contributed by atoms with Gasteiger partial charge in [0.05, 0.1) is 5.56 Å². The number of benzene rings is 1. The van der Waals surface area contributed by atoms with Crippen molar-refractivity contribution in [3.8, 4) is 0 Å². The van der Waals surface area contributed by atoms with Crippen molar-refractivity contribution < 1.29 is 4.39 Å². The van der Waals surface area contributed by atoms with Crippen LogP contribution in [-0.4, -0.2) is 5.71 Å². The molecule has 0 aromatic heterocycles. The first-order valence-electron chi connectivity index (χ1n) is 4.06. The van der Waals surface area contributed by atoms with Gasteiger partial charge in [0, 0.05) is 11.4 Å². The molecule has 0 aliphatic carbocycles. The van der Waals surface area contributed by atoms with E-state index in [9.17, 15) is 4.39 Å². The molecule has 1 rings (SSSR count). The number of nitrogens with two attached hydrogens (primary N) is 1. The molecule has 3 heteroatoms. The zero-order valence-corrected chi connectivity index (χ0v) is 8.03. The zero-order valence-electron chi connectivity index (χ0n) is 8.03. The Bertz CT molecular complexity index is 370. The summed E-state index contributed by atoms with van der Waals surface area (Å²) in [6.45, 7) is 5.16. The molecule has 0 saturated carbocycles. The van der Waals surface area contributed by atoms with Gasteiger partial charge in [-0.2, -0.15) is 0 Å². The van der Waals surface area contributed by atoms with Crippen LogP contribution in [0.2, 0.25) is 0 Å². The minimum Gasteiger partial charge on any atom is -0.398 e. The maximum absolute atomic E-state index is 13.3. The molecule has 0 unspecified atom stereocenters. The average Bonchev–Trinajstić information content (AvgIpc) is 1.99. The van der Waals surface area contributed by atoms with E-state index in [4.69, 9.17) is 11.1 Å². The van der Waals surface area contributed by atoms with Crippen LogP contribution >= 0.6 is 0 Å². The zero-order chi connectivity index (χ0) is 10.2. The molecule has 70 valence electrons. The van der Waals surface area contributed by atoms with Crippen molar-refractivity contribution in [1.82, 2.24) is 0 Å². The van der Waals surface area contributed by atoms with Gasteiger partial charge in [0.1, 0.15) is 5.82 Å². The summed E-state index contributed by atoms with van der Waals surface area (Å²) in [5, 5.41) is 7.36. The Balaban J connectivity index is 3.53. The Morgan fingerprint density at radius 1 is 1.46 bits per heavy atom. The summed E-state index contributed by atoms with van der Waals surface area (Å²) < 4.78 is 13.3. The molecule has 0 fully saturated rings. The van der Waals surface area contributed by atoms with E-state index < -0.39 is 5.82 Å². The van der Waals surface area contributed by atoms with Gasteiger partial charge in [0.15, 0.2) is 0 Å². The molecule has 0 aliphatic rings.